The molecule has 4 N–H and O–H groups in total. The number of rotatable bonds is 5. The van der Waals surface area contributed by atoms with Gasteiger partial charge in [-0.05, 0) is 25.7 Å². The summed E-state index contributed by atoms with van der Waals surface area (Å²) in [5.41, 5.74) is 10.6. The lowest BCUT2D eigenvalue weighted by molar-refractivity contribution is -0.135. The van der Waals surface area contributed by atoms with Crippen molar-refractivity contribution in [3.63, 3.8) is 0 Å². The van der Waals surface area contributed by atoms with E-state index in [9.17, 15) is 9.59 Å². The highest BCUT2D eigenvalue weighted by Gasteiger charge is 2.33. The van der Waals surface area contributed by atoms with Gasteiger partial charge in [-0.25, -0.2) is 0 Å². The van der Waals surface area contributed by atoms with Gasteiger partial charge >= 0.3 is 0 Å². The summed E-state index contributed by atoms with van der Waals surface area (Å²) in [5, 5.41) is 0. The van der Waals surface area contributed by atoms with Gasteiger partial charge in [-0.3, -0.25) is 9.59 Å². The van der Waals surface area contributed by atoms with Crippen LogP contribution in [0, 0.1) is 5.92 Å². The number of nitrogens with zero attached hydrogens (tertiary/aromatic N) is 1. The van der Waals surface area contributed by atoms with Gasteiger partial charge in [-0.15, -0.1) is 0 Å². The summed E-state index contributed by atoms with van der Waals surface area (Å²) >= 11 is 0. The minimum absolute atomic E-state index is 0.0828. The SMILES string of the molecule is CC(C1CC1)N(C)C(=O)C(N)CC(N)=O. The Kier molecular flexibility index (Phi) is 3.68. The number of hydrogen-bond donors (Lipinski definition) is 2. The van der Waals surface area contributed by atoms with Crippen molar-refractivity contribution in [1.29, 1.82) is 0 Å². The zero-order valence-electron chi connectivity index (χ0n) is 9.27. The minimum Gasteiger partial charge on any atom is -0.370 e. The Balaban J connectivity index is 2.46. The lowest BCUT2D eigenvalue weighted by Crippen LogP contribution is -2.47. The Hall–Kier alpha value is -1.10. The molecule has 0 bridgehead atoms. The Morgan fingerprint density at radius 1 is 1.47 bits per heavy atom. The number of carbonyl (C=O) groups excluding carboxylic acids is 2. The van der Waals surface area contributed by atoms with Crippen LogP contribution in [0.4, 0.5) is 0 Å². The molecule has 2 atom stereocenters. The summed E-state index contributed by atoms with van der Waals surface area (Å²) in [4.78, 5) is 24.0. The second-order valence-corrected chi connectivity index (χ2v) is 4.30. The van der Waals surface area contributed by atoms with Crippen molar-refractivity contribution < 1.29 is 9.59 Å². The van der Waals surface area contributed by atoms with Crippen LogP contribution in [0.15, 0.2) is 0 Å². The average Bonchev–Trinajstić information content (AvgIpc) is 2.96. The summed E-state index contributed by atoms with van der Waals surface area (Å²) < 4.78 is 0. The van der Waals surface area contributed by atoms with Gasteiger partial charge in [0.25, 0.3) is 0 Å². The second kappa shape index (κ2) is 4.61. The highest BCUT2D eigenvalue weighted by atomic mass is 16.2. The summed E-state index contributed by atoms with van der Waals surface area (Å²) in [6.45, 7) is 2.01. The molecule has 0 aromatic heterocycles. The maximum Gasteiger partial charge on any atom is 0.240 e. The molecule has 0 aliphatic heterocycles. The average molecular weight is 213 g/mol. The molecular weight excluding hydrogens is 194 g/mol. The van der Waals surface area contributed by atoms with Gasteiger partial charge in [0, 0.05) is 13.1 Å². The molecule has 0 aromatic rings. The molecule has 5 nitrogen and oxygen atoms in total. The van der Waals surface area contributed by atoms with Crippen molar-refractivity contribution in [1.82, 2.24) is 4.90 Å². The Morgan fingerprint density at radius 3 is 2.40 bits per heavy atom. The predicted molar refractivity (Wildman–Crippen MR) is 56.7 cm³/mol. The quantitative estimate of drug-likeness (QED) is 0.642. The second-order valence-electron chi connectivity index (χ2n) is 4.30. The Bertz CT molecular complexity index is 263. The van der Waals surface area contributed by atoms with Gasteiger partial charge in [-0.1, -0.05) is 0 Å². The Morgan fingerprint density at radius 2 is 2.00 bits per heavy atom. The third-order valence-electron chi connectivity index (χ3n) is 3.00. The summed E-state index contributed by atoms with van der Waals surface area (Å²) in [7, 11) is 1.73. The van der Waals surface area contributed by atoms with E-state index < -0.39 is 11.9 Å². The van der Waals surface area contributed by atoms with E-state index in [1.54, 1.807) is 11.9 Å². The topological polar surface area (TPSA) is 89.4 Å². The van der Waals surface area contributed by atoms with E-state index in [-0.39, 0.29) is 18.4 Å². The lowest BCUT2D eigenvalue weighted by atomic mass is 10.1. The van der Waals surface area contributed by atoms with E-state index in [4.69, 9.17) is 11.5 Å². The third-order valence-corrected chi connectivity index (χ3v) is 3.00. The van der Waals surface area contributed by atoms with Crippen LogP contribution in [0.5, 0.6) is 0 Å². The van der Waals surface area contributed by atoms with Crippen LogP contribution in [0.1, 0.15) is 26.2 Å². The van der Waals surface area contributed by atoms with Crippen molar-refractivity contribution in [3.8, 4) is 0 Å². The first-order valence-electron chi connectivity index (χ1n) is 5.24. The highest BCUT2D eigenvalue weighted by Crippen LogP contribution is 2.34. The van der Waals surface area contributed by atoms with Crippen molar-refractivity contribution in [2.45, 2.75) is 38.3 Å². The molecule has 2 unspecified atom stereocenters. The molecule has 0 saturated heterocycles. The van der Waals surface area contributed by atoms with Crippen molar-refractivity contribution in [2.24, 2.45) is 17.4 Å². The molecule has 5 heteroatoms. The number of nitrogens with two attached hydrogens (primary N) is 2. The van der Waals surface area contributed by atoms with Crippen LogP contribution < -0.4 is 11.5 Å². The Labute approximate surface area is 89.8 Å². The first-order valence-corrected chi connectivity index (χ1v) is 5.24. The molecule has 0 heterocycles. The van der Waals surface area contributed by atoms with Crippen LogP contribution in [0.2, 0.25) is 0 Å². The van der Waals surface area contributed by atoms with Crippen LogP contribution in [-0.2, 0) is 9.59 Å². The number of carbonyl (C=O) groups is 2. The van der Waals surface area contributed by atoms with E-state index in [0.29, 0.717) is 5.92 Å². The largest absolute Gasteiger partial charge is 0.370 e. The van der Waals surface area contributed by atoms with Crippen molar-refractivity contribution >= 4 is 11.8 Å². The maximum atomic E-state index is 11.7. The van der Waals surface area contributed by atoms with Gasteiger partial charge in [0.05, 0.1) is 12.5 Å². The predicted octanol–water partition coefficient (Wildman–Crippen LogP) is -0.554. The van der Waals surface area contributed by atoms with E-state index >= 15 is 0 Å². The van der Waals surface area contributed by atoms with Gasteiger partial charge in [-0.2, -0.15) is 0 Å². The summed E-state index contributed by atoms with van der Waals surface area (Å²) in [6.07, 6.45) is 2.26. The molecule has 1 saturated carbocycles. The molecule has 0 aromatic carbocycles. The number of likely N-dealkylation sites (N-methyl/N-ethyl adjacent to an activating group) is 1. The fourth-order valence-electron chi connectivity index (χ4n) is 1.66. The summed E-state index contributed by atoms with van der Waals surface area (Å²) in [6, 6.07) is -0.592. The molecule has 0 spiro atoms. The first kappa shape index (κ1) is 12.0. The molecular formula is C10H19N3O2. The van der Waals surface area contributed by atoms with Gasteiger partial charge < -0.3 is 16.4 Å². The number of hydrogen-bond acceptors (Lipinski definition) is 3. The molecule has 1 fully saturated rings. The molecule has 15 heavy (non-hydrogen) atoms. The number of amides is 2. The molecule has 0 radical (unpaired) electrons. The van der Waals surface area contributed by atoms with Crippen LogP contribution >= 0.6 is 0 Å². The molecule has 1 aliphatic carbocycles. The fourth-order valence-corrected chi connectivity index (χ4v) is 1.66. The lowest BCUT2D eigenvalue weighted by Gasteiger charge is -2.27. The zero-order valence-corrected chi connectivity index (χ0v) is 9.27. The summed E-state index contributed by atoms with van der Waals surface area (Å²) in [5.74, 6) is -0.142. The highest BCUT2D eigenvalue weighted by molar-refractivity contribution is 5.87. The minimum atomic E-state index is -0.798. The van der Waals surface area contributed by atoms with E-state index in [1.807, 2.05) is 6.92 Å². The van der Waals surface area contributed by atoms with Crippen LogP contribution in [0.3, 0.4) is 0 Å². The normalized spacial score (nSPS) is 19.4. The standard InChI is InChI=1S/C10H19N3O2/c1-6(7-3-4-7)13(2)10(15)8(11)5-9(12)14/h6-8H,3-5,11H2,1-2H3,(H2,12,14). The molecule has 1 aliphatic rings. The first-order chi connectivity index (χ1) is 6.93. The smallest absolute Gasteiger partial charge is 0.240 e. The molecule has 86 valence electrons. The third kappa shape index (κ3) is 3.20. The van der Waals surface area contributed by atoms with Crippen molar-refractivity contribution in [3.05, 3.63) is 0 Å². The molecule has 1 rings (SSSR count). The number of primary amides is 1. The van der Waals surface area contributed by atoms with E-state index in [0.717, 1.165) is 0 Å². The monoisotopic (exact) mass is 213 g/mol. The van der Waals surface area contributed by atoms with Gasteiger partial charge in [0.1, 0.15) is 0 Å². The van der Waals surface area contributed by atoms with Crippen LogP contribution in [-0.4, -0.2) is 35.8 Å². The maximum absolute atomic E-state index is 11.7. The van der Waals surface area contributed by atoms with E-state index in [1.165, 1.54) is 12.8 Å². The van der Waals surface area contributed by atoms with Gasteiger partial charge in [0.2, 0.25) is 11.8 Å². The van der Waals surface area contributed by atoms with Gasteiger partial charge in [0.15, 0.2) is 0 Å². The zero-order chi connectivity index (χ0) is 11.6. The molecule has 2 amide bonds. The fraction of sp³-hybridized carbons (Fsp3) is 0.800. The van der Waals surface area contributed by atoms with Crippen molar-refractivity contribution in [2.75, 3.05) is 7.05 Å². The van der Waals surface area contributed by atoms with Crippen LogP contribution in [0.25, 0.3) is 0 Å². The van der Waals surface area contributed by atoms with E-state index in [2.05, 4.69) is 0 Å².